The van der Waals surface area contributed by atoms with Crippen molar-refractivity contribution in [2.24, 2.45) is 5.92 Å². The molecule has 21 heavy (non-hydrogen) atoms. The number of benzene rings is 1. The Hall–Kier alpha value is 0.511. The van der Waals surface area contributed by atoms with Crippen LogP contribution in [0, 0.1) is 12.8 Å². The maximum Gasteiger partial charge on any atom is 1.00 e. The standard InChI is InChI=1S/C15H23BF3O.K/c1-4-6-7-13(5-2)11-20-15-9-8-12(3)10-14(15)16(17,18)19;/h8-10,13H,4-7,11H2,1-3H3;/q-1;+1. The molecule has 0 aliphatic heterocycles. The van der Waals surface area contributed by atoms with Crippen LogP contribution in [0.1, 0.15) is 45.1 Å². The third-order valence-corrected chi connectivity index (χ3v) is 3.54. The summed E-state index contributed by atoms with van der Waals surface area (Å²) in [6.07, 6.45) is 4.12. The quantitative estimate of drug-likeness (QED) is 0.660. The van der Waals surface area contributed by atoms with E-state index in [1.165, 1.54) is 12.1 Å². The SMILES string of the molecule is CCCCC(CC)COc1ccc(C)cc1[B-](F)(F)F.[K+]. The van der Waals surface area contributed by atoms with Gasteiger partial charge in [0.15, 0.2) is 0 Å². The fourth-order valence-electron chi connectivity index (χ4n) is 2.16. The van der Waals surface area contributed by atoms with Crippen molar-refractivity contribution in [1.82, 2.24) is 0 Å². The monoisotopic (exact) mass is 326 g/mol. The Labute approximate surface area is 168 Å². The van der Waals surface area contributed by atoms with Gasteiger partial charge in [0.2, 0.25) is 0 Å². The summed E-state index contributed by atoms with van der Waals surface area (Å²) in [4.78, 5) is 0. The molecule has 0 aliphatic carbocycles. The summed E-state index contributed by atoms with van der Waals surface area (Å²) >= 11 is 0. The molecule has 0 amide bonds. The summed E-state index contributed by atoms with van der Waals surface area (Å²) in [6, 6.07) is 4.27. The molecule has 0 saturated heterocycles. The van der Waals surface area contributed by atoms with Crippen molar-refractivity contribution in [1.29, 1.82) is 0 Å². The molecule has 1 rings (SSSR count). The van der Waals surface area contributed by atoms with Gasteiger partial charge in [0.1, 0.15) is 0 Å². The number of hydrogen-bond acceptors (Lipinski definition) is 1. The molecule has 0 aromatic heterocycles. The van der Waals surface area contributed by atoms with Crippen LogP contribution in [0.4, 0.5) is 12.9 Å². The van der Waals surface area contributed by atoms with E-state index in [0.29, 0.717) is 18.1 Å². The topological polar surface area (TPSA) is 9.23 Å². The smallest absolute Gasteiger partial charge is 0.496 e. The number of halogens is 3. The average Bonchev–Trinajstić information content (AvgIpc) is 2.39. The second-order valence-electron chi connectivity index (χ2n) is 5.34. The molecule has 0 saturated carbocycles. The predicted molar refractivity (Wildman–Crippen MR) is 78.7 cm³/mol. The molecule has 0 N–H and O–H groups in total. The minimum atomic E-state index is -5.03. The van der Waals surface area contributed by atoms with Crippen LogP contribution in [-0.4, -0.2) is 13.6 Å². The third-order valence-electron chi connectivity index (χ3n) is 3.54. The summed E-state index contributed by atoms with van der Waals surface area (Å²) in [5, 5.41) is 0. The van der Waals surface area contributed by atoms with E-state index in [4.69, 9.17) is 4.74 Å². The van der Waals surface area contributed by atoms with Gasteiger partial charge >= 0.3 is 58.4 Å². The van der Waals surface area contributed by atoms with Crippen molar-refractivity contribution in [2.45, 2.75) is 46.5 Å². The van der Waals surface area contributed by atoms with Crippen molar-refractivity contribution in [3.05, 3.63) is 23.8 Å². The first kappa shape index (κ1) is 21.5. The van der Waals surface area contributed by atoms with E-state index in [2.05, 4.69) is 6.92 Å². The van der Waals surface area contributed by atoms with E-state index < -0.39 is 12.4 Å². The fraction of sp³-hybridized carbons (Fsp3) is 0.600. The van der Waals surface area contributed by atoms with Gasteiger partial charge in [-0.25, -0.2) is 0 Å². The molecule has 0 fully saturated rings. The average molecular weight is 326 g/mol. The zero-order chi connectivity index (χ0) is 15.2. The summed E-state index contributed by atoms with van der Waals surface area (Å²) < 4.78 is 44.5. The van der Waals surface area contributed by atoms with Crippen LogP contribution in [0.25, 0.3) is 0 Å². The molecule has 6 heteroatoms. The first-order valence-electron chi connectivity index (χ1n) is 7.31. The van der Waals surface area contributed by atoms with Crippen LogP contribution in [0.2, 0.25) is 0 Å². The van der Waals surface area contributed by atoms with E-state index in [9.17, 15) is 12.9 Å². The molecule has 1 nitrogen and oxygen atoms in total. The molecule has 0 spiro atoms. The normalized spacial score (nSPS) is 12.7. The molecule has 0 heterocycles. The van der Waals surface area contributed by atoms with Gasteiger partial charge in [0, 0.05) is 0 Å². The predicted octanol–water partition coefficient (Wildman–Crippen LogP) is 1.65. The van der Waals surface area contributed by atoms with Crippen molar-refractivity contribution in [3.8, 4) is 5.75 Å². The fourth-order valence-corrected chi connectivity index (χ4v) is 2.16. The molecule has 1 atom stereocenters. The van der Waals surface area contributed by atoms with Gasteiger partial charge in [-0.2, -0.15) is 0 Å². The van der Waals surface area contributed by atoms with Gasteiger partial charge in [0.05, 0.1) is 12.4 Å². The van der Waals surface area contributed by atoms with E-state index >= 15 is 0 Å². The second-order valence-corrected chi connectivity index (χ2v) is 5.34. The zero-order valence-corrected chi connectivity index (χ0v) is 16.6. The van der Waals surface area contributed by atoms with E-state index in [-0.39, 0.29) is 57.1 Å². The molecule has 1 unspecified atom stereocenters. The largest absolute Gasteiger partial charge is 1.00 e. The van der Waals surface area contributed by atoms with Crippen molar-refractivity contribution < 1.29 is 69.1 Å². The Bertz CT molecular complexity index is 424. The van der Waals surface area contributed by atoms with Crippen molar-refractivity contribution in [3.63, 3.8) is 0 Å². The minimum Gasteiger partial charge on any atom is -0.496 e. The van der Waals surface area contributed by atoms with Crippen LogP contribution in [0.15, 0.2) is 18.2 Å². The number of aryl methyl sites for hydroxylation is 1. The second kappa shape index (κ2) is 10.3. The Balaban J connectivity index is 0.00000400. The first-order chi connectivity index (χ1) is 9.38. The van der Waals surface area contributed by atoms with Gasteiger partial charge < -0.3 is 17.7 Å². The maximum absolute atomic E-state index is 13.0. The third kappa shape index (κ3) is 7.55. The number of ether oxygens (including phenoxy) is 1. The Morgan fingerprint density at radius 3 is 2.38 bits per heavy atom. The Morgan fingerprint density at radius 2 is 1.86 bits per heavy atom. The molecule has 0 aliphatic rings. The van der Waals surface area contributed by atoms with Crippen LogP contribution in [-0.2, 0) is 0 Å². The molecular weight excluding hydrogens is 303 g/mol. The molecule has 0 radical (unpaired) electrons. The number of hydrogen-bond donors (Lipinski definition) is 0. The van der Waals surface area contributed by atoms with Gasteiger partial charge in [-0.05, 0) is 25.3 Å². The first-order valence-corrected chi connectivity index (χ1v) is 7.31. The van der Waals surface area contributed by atoms with Gasteiger partial charge in [-0.3, -0.25) is 0 Å². The van der Waals surface area contributed by atoms with Crippen LogP contribution < -0.4 is 61.6 Å². The van der Waals surface area contributed by atoms with Gasteiger partial charge in [0.25, 0.3) is 0 Å². The van der Waals surface area contributed by atoms with Crippen molar-refractivity contribution >= 4 is 12.4 Å². The van der Waals surface area contributed by atoms with Crippen molar-refractivity contribution in [2.75, 3.05) is 6.61 Å². The maximum atomic E-state index is 13.0. The van der Waals surface area contributed by atoms with Gasteiger partial charge in [-0.1, -0.05) is 56.3 Å². The summed E-state index contributed by atoms with van der Waals surface area (Å²) in [6.45, 7) is 1.14. The molecule has 1 aromatic rings. The number of unbranched alkanes of at least 4 members (excludes halogenated alkanes) is 1. The molecule has 114 valence electrons. The van der Waals surface area contributed by atoms with E-state index in [0.717, 1.165) is 25.7 Å². The van der Waals surface area contributed by atoms with Crippen LogP contribution in [0.5, 0.6) is 5.75 Å². The van der Waals surface area contributed by atoms with Crippen LogP contribution >= 0.6 is 0 Å². The van der Waals surface area contributed by atoms with E-state index in [1.54, 1.807) is 13.0 Å². The van der Waals surface area contributed by atoms with Gasteiger partial charge in [-0.15, -0.1) is 0 Å². The Morgan fingerprint density at radius 1 is 1.19 bits per heavy atom. The van der Waals surface area contributed by atoms with Crippen LogP contribution in [0.3, 0.4) is 0 Å². The summed E-state index contributed by atoms with van der Waals surface area (Å²) in [5.74, 6) is 0.294. The molecular formula is C15H23BF3KO. The Kier molecular flexibility index (Phi) is 10.6. The zero-order valence-electron chi connectivity index (χ0n) is 13.5. The number of rotatable bonds is 8. The summed E-state index contributed by atoms with van der Waals surface area (Å²) in [5.41, 5.74) is -0.0140. The summed E-state index contributed by atoms with van der Waals surface area (Å²) in [7, 11) is 0. The van der Waals surface area contributed by atoms with E-state index in [1.807, 2.05) is 6.92 Å². The molecule has 0 bridgehead atoms. The minimum absolute atomic E-state index is 0. The molecule has 1 aromatic carbocycles.